The van der Waals surface area contributed by atoms with E-state index in [1.54, 1.807) is 19.2 Å². The second kappa shape index (κ2) is 9.70. The monoisotopic (exact) mass is 384 g/mol. The summed E-state index contributed by atoms with van der Waals surface area (Å²) < 4.78 is 50.6. The van der Waals surface area contributed by atoms with Gasteiger partial charge in [0.2, 0.25) is 5.95 Å². The Hall–Kier alpha value is -2.91. The first kappa shape index (κ1) is 20.4. The lowest BCUT2D eigenvalue weighted by atomic mass is 10.1. The predicted octanol–water partition coefficient (Wildman–Crippen LogP) is 2.45. The molecule has 0 saturated heterocycles. The quantitative estimate of drug-likeness (QED) is 0.296. The van der Waals surface area contributed by atoms with Gasteiger partial charge in [-0.15, -0.1) is 0 Å². The van der Waals surface area contributed by atoms with Crippen LogP contribution < -0.4 is 16.0 Å². The van der Waals surface area contributed by atoms with E-state index in [2.05, 4.69) is 30.9 Å². The second-order valence-corrected chi connectivity index (χ2v) is 5.49. The highest BCUT2D eigenvalue weighted by molar-refractivity contribution is 5.79. The van der Waals surface area contributed by atoms with Crippen molar-refractivity contribution in [2.45, 2.75) is 12.6 Å². The smallest absolute Gasteiger partial charge is 0.356 e. The van der Waals surface area contributed by atoms with Gasteiger partial charge < -0.3 is 16.0 Å². The van der Waals surface area contributed by atoms with Crippen LogP contribution in [0.3, 0.4) is 0 Å². The zero-order chi connectivity index (χ0) is 19.7. The molecule has 0 fully saturated rings. The Bertz CT molecular complexity index is 746. The van der Waals surface area contributed by atoms with Crippen molar-refractivity contribution in [3.8, 4) is 0 Å². The van der Waals surface area contributed by atoms with Gasteiger partial charge in [-0.05, 0) is 30.2 Å². The van der Waals surface area contributed by atoms with E-state index >= 15 is 0 Å². The van der Waals surface area contributed by atoms with Crippen LogP contribution >= 0.6 is 0 Å². The Kier molecular flexibility index (Phi) is 7.33. The first-order valence-electron chi connectivity index (χ1n) is 8.21. The van der Waals surface area contributed by atoms with Crippen LogP contribution in [0.5, 0.6) is 0 Å². The number of aromatic nitrogens is 2. The number of aliphatic imine (C=N–C) groups is 1. The zero-order valence-electron chi connectivity index (χ0n) is 14.6. The van der Waals surface area contributed by atoms with Crippen LogP contribution in [0.25, 0.3) is 0 Å². The summed E-state index contributed by atoms with van der Waals surface area (Å²) in [5.74, 6) is 0.177. The lowest BCUT2D eigenvalue weighted by molar-refractivity contribution is -0.141. The van der Waals surface area contributed by atoms with Crippen molar-refractivity contribution in [2.75, 3.05) is 32.0 Å². The van der Waals surface area contributed by atoms with Crippen LogP contribution in [0.15, 0.2) is 41.5 Å². The van der Waals surface area contributed by atoms with Crippen molar-refractivity contribution < 1.29 is 17.6 Å². The number of benzene rings is 1. The van der Waals surface area contributed by atoms with Gasteiger partial charge in [0.05, 0.1) is 0 Å². The summed E-state index contributed by atoms with van der Waals surface area (Å²) in [7, 11) is 1.61. The van der Waals surface area contributed by atoms with Crippen molar-refractivity contribution >= 4 is 11.9 Å². The maximum Gasteiger partial charge on any atom is 0.433 e. The molecule has 27 heavy (non-hydrogen) atoms. The molecule has 6 nitrogen and oxygen atoms in total. The van der Waals surface area contributed by atoms with Crippen LogP contribution in [0, 0.1) is 5.82 Å². The highest BCUT2D eigenvalue weighted by atomic mass is 19.4. The fourth-order valence-electron chi connectivity index (χ4n) is 2.15. The molecule has 0 radical (unpaired) electrons. The van der Waals surface area contributed by atoms with Crippen molar-refractivity contribution in [3.63, 3.8) is 0 Å². The number of hydrogen-bond acceptors (Lipinski definition) is 4. The van der Waals surface area contributed by atoms with Gasteiger partial charge in [0.15, 0.2) is 5.96 Å². The van der Waals surface area contributed by atoms with Gasteiger partial charge in [-0.1, -0.05) is 12.1 Å². The molecule has 2 rings (SSSR count). The van der Waals surface area contributed by atoms with E-state index in [9.17, 15) is 17.6 Å². The first-order chi connectivity index (χ1) is 12.9. The van der Waals surface area contributed by atoms with E-state index in [0.29, 0.717) is 32.0 Å². The lowest BCUT2D eigenvalue weighted by Crippen LogP contribution is -2.40. The van der Waals surface area contributed by atoms with Gasteiger partial charge >= 0.3 is 6.18 Å². The summed E-state index contributed by atoms with van der Waals surface area (Å²) in [6.45, 7) is 1.30. The van der Waals surface area contributed by atoms with Crippen molar-refractivity contribution in [3.05, 3.63) is 53.6 Å². The zero-order valence-corrected chi connectivity index (χ0v) is 14.6. The van der Waals surface area contributed by atoms with E-state index in [-0.39, 0.29) is 11.8 Å². The number of halogens is 4. The molecule has 10 heteroatoms. The molecule has 0 aliphatic heterocycles. The van der Waals surface area contributed by atoms with Crippen LogP contribution in [0.1, 0.15) is 11.3 Å². The normalized spacial score (nSPS) is 12.0. The molecule has 0 bridgehead atoms. The topological polar surface area (TPSA) is 74.2 Å². The number of anilines is 1. The van der Waals surface area contributed by atoms with Crippen LogP contribution in [-0.4, -0.2) is 42.6 Å². The Labute approximate surface area is 154 Å². The standard InChI is InChI=1S/C17H20F4N6/c1-22-15(23-8-6-12-2-4-13(18)5-3-12)25-10-11-26-16-24-9-7-14(27-16)17(19,20)21/h2-5,7,9H,6,8,10-11H2,1H3,(H2,22,23,25)(H,24,26,27). The number of alkyl halides is 3. The summed E-state index contributed by atoms with van der Waals surface area (Å²) in [6.07, 6.45) is -2.76. The molecule has 1 aromatic carbocycles. The maximum atomic E-state index is 12.9. The molecular formula is C17H20F4N6. The van der Waals surface area contributed by atoms with Crippen molar-refractivity contribution in [1.29, 1.82) is 0 Å². The van der Waals surface area contributed by atoms with E-state index in [0.717, 1.165) is 17.8 Å². The minimum Gasteiger partial charge on any atom is -0.356 e. The first-order valence-corrected chi connectivity index (χ1v) is 8.21. The molecule has 0 atom stereocenters. The van der Waals surface area contributed by atoms with Gasteiger partial charge in [0.25, 0.3) is 0 Å². The van der Waals surface area contributed by atoms with Crippen molar-refractivity contribution in [2.24, 2.45) is 4.99 Å². The molecule has 1 aromatic heterocycles. The summed E-state index contributed by atoms with van der Waals surface area (Å²) in [5.41, 5.74) is -0.00561. The van der Waals surface area contributed by atoms with E-state index in [1.807, 2.05) is 0 Å². The largest absolute Gasteiger partial charge is 0.433 e. The van der Waals surface area contributed by atoms with Gasteiger partial charge in [-0.25, -0.2) is 14.4 Å². The maximum absolute atomic E-state index is 12.9. The number of nitrogens with one attached hydrogen (secondary N) is 3. The fraction of sp³-hybridized carbons (Fsp3) is 0.353. The third-order valence-electron chi connectivity index (χ3n) is 3.49. The minimum absolute atomic E-state index is 0.0918. The summed E-state index contributed by atoms with van der Waals surface area (Å²) in [4.78, 5) is 11.2. The van der Waals surface area contributed by atoms with Gasteiger partial charge in [0, 0.05) is 32.9 Å². The molecule has 1 heterocycles. The highest BCUT2D eigenvalue weighted by Gasteiger charge is 2.32. The third-order valence-corrected chi connectivity index (χ3v) is 3.49. The average molecular weight is 384 g/mol. The SMILES string of the molecule is CN=C(NCCNc1nccc(C(F)(F)F)n1)NCCc1ccc(F)cc1. The number of guanidine groups is 1. The summed E-state index contributed by atoms with van der Waals surface area (Å²) in [5, 5.41) is 8.84. The fourth-order valence-corrected chi connectivity index (χ4v) is 2.15. The Morgan fingerprint density at radius 2 is 1.74 bits per heavy atom. The molecule has 0 aliphatic carbocycles. The van der Waals surface area contributed by atoms with Crippen LogP contribution in [-0.2, 0) is 12.6 Å². The Morgan fingerprint density at radius 3 is 2.41 bits per heavy atom. The molecule has 0 unspecified atom stereocenters. The van der Waals surface area contributed by atoms with E-state index in [4.69, 9.17) is 0 Å². The number of rotatable bonds is 7. The second-order valence-electron chi connectivity index (χ2n) is 5.49. The molecule has 2 aromatic rings. The lowest BCUT2D eigenvalue weighted by Gasteiger charge is -2.13. The Morgan fingerprint density at radius 1 is 1.04 bits per heavy atom. The minimum atomic E-state index is -4.51. The number of nitrogens with zero attached hydrogens (tertiary/aromatic N) is 3. The molecule has 0 amide bonds. The molecule has 146 valence electrons. The van der Waals surface area contributed by atoms with Crippen molar-refractivity contribution in [1.82, 2.24) is 20.6 Å². The van der Waals surface area contributed by atoms with E-state index in [1.165, 1.54) is 12.1 Å². The van der Waals surface area contributed by atoms with Crippen LogP contribution in [0.2, 0.25) is 0 Å². The highest BCUT2D eigenvalue weighted by Crippen LogP contribution is 2.27. The van der Waals surface area contributed by atoms with Gasteiger partial charge in [0.1, 0.15) is 11.5 Å². The summed E-state index contributed by atoms with van der Waals surface area (Å²) in [6, 6.07) is 7.06. The Balaban J connectivity index is 1.69. The molecule has 3 N–H and O–H groups in total. The molecule has 0 spiro atoms. The summed E-state index contributed by atoms with van der Waals surface area (Å²) >= 11 is 0. The van der Waals surface area contributed by atoms with Gasteiger partial charge in [-0.3, -0.25) is 4.99 Å². The third kappa shape index (κ3) is 7.08. The predicted molar refractivity (Wildman–Crippen MR) is 95.0 cm³/mol. The van der Waals surface area contributed by atoms with E-state index < -0.39 is 11.9 Å². The molecular weight excluding hydrogens is 364 g/mol. The molecule has 0 saturated carbocycles. The average Bonchev–Trinajstić information content (AvgIpc) is 2.65. The molecule has 0 aliphatic rings. The number of hydrogen-bond donors (Lipinski definition) is 3. The van der Waals surface area contributed by atoms with Crippen LogP contribution in [0.4, 0.5) is 23.5 Å². The van der Waals surface area contributed by atoms with Gasteiger partial charge in [-0.2, -0.15) is 13.2 Å².